The maximum atomic E-state index is 11.3. The number of rotatable bonds is 6. The van der Waals surface area contributed by atoms with E-state index in [0.29, 0.717) is 19.6 Å². The molecule has 1 saturated carbocycles. The van der Waals surface area contributed by atoms with Crippen molar-refractivity contribution in [3.8, 4) is 0 Å². The van der Waals surface area contributed by atoms with E-state index in [1.807, 2.05) is 0 Å². The summed E-state index contributed by atoms with van der Waals surface area (Å²) in [5.41, 5.74) is 4.81. The third kappa shape index (κ3) is 2.90. The predicted molar refractivity (Wildman–Crippen MR) is 56.5 cm³/mol. The molecule has 0 heterocycles. The van der Waals surface area contributed by atoms with Crippen molar-refractivity contribution in [2.75, 3.05) is 27.4 Å². The summed E-state index contributed by atoms with van der Waals surface area (Å²) in [5.74, 6) is -0.289. The third-order valence-corrected chi connectivity index (χ3v) is 3.06. The molecule has 0 saturated heterocycles. The lowest BCUT2D eigenvalue weighted by atomic mass is 9.97. The monoisotopic (exact) mass is 216 g/mol. The molecule has 1 fully saturated rings. The van der Waals surface area contributed by atoms with Gasteiger partial charge in [-0.25, -0.2) is 0 Å². The number of carbonyl (C=O) groups is 1. The van der Waals surface area contributed by atoms with Gasteiger partial charge in [0.2, 0.25) is 5.91 Å². The summed E-state index contributed by atoms with van der Waals surface area (Å²) in [7, 11) is 3.40. The molecule has 5 nitrogen and oxygen atoms in total. The molecule has 0 aromatic rings. The summed E-state index contributed by atoms with van der Waals surface area (Å²) in [5, 5.41) is 3.01. The highest BCUT2D eigenvalue weighted by Crippen LogP contribution is 2.31. The van der Waals surface area contributed by atoms with E-state index < -0.39 is 5.54 Å². The van der Waals surface area contributed by atoms with Crippen LogP contribution in [0.4, 0.5) is 0 Å². The van der Waals surface area contributed by atoms with Gasteiger partial charge in [-0.1, -0.05) is 0 Å². The first-order valence-electron chi connectivity index (χ1n) is 5.24. The molecule has 1 aliphatic carbocycles. The van der Waals surface area contributed by atoms with Gasteiger partial charge in [0.15, 0.2) is 0 Å². The molecule has 1 aliphatic rings. The van der Waals surface area contributed by atoms with Crippen LogP contribution in [0.15, 0.2) is 0 Å². The predicted octanol–water partition coefficient (Wildman–Crippen LogP) is -0.355. The fraction of sp³-hybridized carbons (Fsp3) is 0.900. The van der Waals surface area contributed by atoms with Crippen molar-refractivity contribution >= 4 is 5.91 Å². The van der Waals surface area contributed by atoms with Gasteiger partial charge in [-0.05, 0) is 19.9 Å². The Morgan fingerprint density at radius 1 is 1.60 bits per heavy atom. The smallest absolute Gasteiger partial charge is 0.237 e. The standard InChI is InChI=1S/C10H20N2O3/c1-12-10(9(11)13)4-3-8(7-10)15-6-5-14-2/h8,12H,3-7H2,1-2H3,(H2,11,13). The summed E-state index contributed by atoms with van der Waals surface area (Å²) in [6, 6.07) is 0. The zero-order valence-corrected chi connectivity index (χ0v) is 9.41. The van der Waals surface area contributed by atoms with Crippen LogP contribution in [0.3, 0.4) is 0 Å². The Bertz CT molecular complexity index is 223. The lowest BCUT2D eigenvalue weighted by Crippen LogP contribution is -2.52. The van der Waals surface area contributed by atoms with Gasteiger partial charge < -0.3 is 20.5 Å². The van der Waals surface area contributed by atoms with Crippen LogP contribution >= 0.6 is 0 Å². The van der Waals surface area contributed by atoms with E-state index in [4.69, 9.17) is 15.2 Å². The zero-order chi connectivity index (χ0) is 11.3. The maximum Gasteiger partial charge on any atom is 0.237 e. The first-order valence-corrected chi connectivity index (χ1v) is 5.24. The molecular formula is C10H20N2O3. The van der Waals surface area contributed by atoms with Crippen molar-refractivity contribution in [3.63, 3.8) is 0 Å². The molecule has 88 valence electrons. The first-order chi connectivity index (χ1) is 7.14. The Labute approximate surface area is 90.3 Å². The Hall–Kier alpha value is -0.650. The van der Waals surface area contributed by atoms with Crippen molar-refractivity contribution in [1.29, 1.82) is 0 Å². The summed E-state index contributed by atoms with van der Waals surface area (Å²) in [6.45, 7) is 1.15. The van der Waals surface area contributed by atoms with Crippen molar-refractivity contribution < 1.29 is 14.3 Å². The van der Waals surface area contributed by atoms with Gasteiger partial charge in [-0.15, -0.1) is 0 Å². The minimum absolute atomic E-state index is 0.111. The lowest BCUT2D eigenvalue weighted by Gasteiger charge is -2.24. The molecule has 0 bridgehead atoms. The molecule has 1 rings (SSSR count). The Balaban J connectivity index is 2.39. The molecule has 2 unspecified atom stereocenters. The minimum atomic E-state index is -0.572. The molecule has 5 heteroatoms. The second-order valence-corrected chi connectivity index (χ2v) is 3.92. The van der Waals surface area contributed by atoms with Crippen LogP contribution in [-0.2, 0) is 14.3 Å². The molecule has 0 aromatic heterocycles. The number of amides is 1. The fourth-order valence-corrected chi connectivity index (χ4v) is 2.01. The average molecular weight is 216 g/mol. The van der Waals surface area contributed by atoms with E-state index in [2.05, 4.69) is 5.32 Å². The fourth-order valence-electron chi connectivity index (χ4n) is 2.01. The van der Waals surface area contributed by atoms with Crippen molar-refractivity contribution in [2.45, 2.75) is 30.9 Å². The second-order valence-electron chi connectivity index (χ2n) is 3.92. The number of primary amides is 1. The number of likely N-dealkylation sites (N-methyl/N-ethyl adjacent to an activating group) is 1. The second kappa shape index (κ2) is 5.44. The highest BCUT2D eigenvalue weighted by Gasteiger charge is 2.43. The molecule has 0 aliphatic heterocycles. The van der Waals surface area contributed by atoms with Gasteiger partial charge in [-0.3, -0.25) is 4.79 Å². The number of carbonyl (C=O) groups excluding carboxylic acids is 1. The molecule has 3 N–H and O–H groups in total. The van der Waals surface area contributed by atoms with Crippen LogP contribution in [0.2, 0.25) is 0 Å². The van der Waals surface area contributed by atoms with Gasteiger partial charge >= 0.3 is 0 Å². The summed E-state index contributed by atoms with van der Waals surface area (Å²) in [4.78, 5) is 11.3. The molecule has 0 aromatic carbocycles. The lowest BCUT2D eigenvalue weighted by molar-refractivity contribution is -0.124. The molecule has 0 radical (unpaired) electrons. The number of nitrogens with one attached hydrogen (secondary N) is 1. The van der Waals surface area contributed by atoms with Gasteiger partial charge in [0, 0.05) is 13.5 Å². The van der Waals surface area contributed by atoms with E-state index in [9.17, 15) is 4.79 Å². The molecule has 0 spiro atoms. The van der Waals surface area contributed by atoms with E-state index in [-0.39, 0.29) is 12.0 Å². The van der Waals surface area contributed by atoms with Crippen LogP contribution in [-0.4, -0.2) is 44.9 Å². The summed E-state index contributed by atoms with van der Waals surface area (Å²) in [6.07, 6.45) is 2.38. The normalized spacial score (nSPS) is 30.7. The van der Waals surface area contributed by atoms with E-state index in [1.54, 1.807) is 14.2 Å². The topological polar surface area (TPSA) is 73.6 Å². The van der Waals surface area contributed by atoms with Crippen LogP contribution in [0.5, 0.6) is 0 Å². The van der Waals surface area contributed by atoms with Crippen LogP contribution in [0.1, 0.15) is 19.3 Å². The number of ether oxygens (including phenoxy) is 2. The van der Waals surface area contributed by atoms with Crippen molar-refractivity contribution in [3.05, 3.63) is 0 Å². The quantitative estimate of drug-likeness (QED) is 0.595. The van der Waals surface area contributed by atoms with Crippen molar-refractivity contribution in [1.82, 2.24) is 5.32 Å². The first kappa shape index (κ1) is 12.4. The van der Waals surface area contributed by atoms with E-state index >= 15 is 0 Å². The maximum absolute atomic E-state index is 11.3. The van der Waals surface area contributed by atoms with Crippen molar-refractivity contribution in [2.24, 2.45) is 5.73 Å². The third-order valence-electron chi connectivity index (χ3n) is 3.06. The average Bonchev–Trinajstić information content (AvgIpc) is 2.63. The number of methoxy groups -OCH3 is 1. The Kier molecular flexibility index (Phi) is 4.50. The number of nitrogens with two attached hydrogens (primary N) is 1. The van der Waals surface area contributed by atoms with Crippen LogP contribution < -0.4 is 11.1 Å². The van der Waals surface area contributed by atoms with Crippen LogP contribution in [0, 0.1) is 0 Å². The Morgan fingerprint density at radius 2 is 2.33 bits per heavy atom. The highest BCUT2D eigenvalue weighted by atomic mass is 16.5. The van der Waals surface area contributed by atoms with E-state index in [0.717, 1.165) is 12.8 Å². The summed E-state index contributed by atoms with van der Waals surface area (Å²) < 4.78 is 10.5. The Morgan fingerprint density at radius 3 is 2.80 bits per heavy atom. The van der Waals surface area contributed by atoms with Gasteiger partial charge in [-0.2, -0.15) is 0 Å². The van der Waals surface area contributed by atoms with Gasteiger partial charge in [0.1, 0.15) is 0 Å². The van der Waals surface area contributed by atoms with Gasteiger partial charge in [0.25, 0.3) is 0 Å². The minimum Gasteiger partial charge on any atom is -0.382 e. The van der Waals surface area contributed by atoms with E-state index in [1.165, 1.54) is 0 Å². The largest absolute Gasteiger partial charge is 0.382 e. The molecule has 15 heavy (non-hydrogen) atoms. The molecule has 1 amide bonds. The molecule has 2 atom stereocenters. The van der Waals surface area contributed by atoms with Gasteiger partial charge in [0.05, 0.1) is 24.9 Å². The highest BCUT2D eigenvalue weighted by molar-refractivity contribution is 5.85. The van der Waals surface area contributed by atoms with Crippen LogP contribution in [0.25, 0.3) is 0 Å². The SMILES string of the molecule is CNC1(C(N)=O)CCC(OCCOC)C1. The number of hydrogen-bond acceptors (Lipinski definition) is 4. The zero-order valence-electron chi connectivity index (χ0n) is 9.41. The number of hydrogen-bond donors (Lipinski definition) is 2. The summed E-state index contributed by atoms with van der Waals surface area (Å²) >= 11 is 0. The molecular weight excluding hydrogens is 196 g/mol.